The molecule has 3 nitrogen and oxygen atoms in total. The Morgan fingerprint density at radius 1 is 1.08 bits per heavy atom. The van der Waals surface area contributed by atoms with Crippen molar-refractivity contribution in [1.82, 2.24) is 4.98 Å². The van der Waals surface area contributed by atoms with E-state index in [0.29, 0.717) is 12.1 Å². The van der Waals surface area contributed by atoms with Crippen molar-refractivity contribution >= 4 is 16.7 Å². The number of alkyl halides is 6. The third-order valence-corrected chi connectivity index (χ3v) is 3.30. The number of rotatable bonds is 4. The van der Waals surface area contributed by atoms with E-state index < -0.39 is 40.5 Å². The number of para-hydroxylation sites is 1. The van der Waals surface area contributed by atoms with Crippen molar-refractivity contribution < 1.29 is 36.2 Å². The van der Waals surface area contributed by atoms with E-state index in [0.717, 1.165) is 12.1 Å². The monoisotopic (exact) mass is 351 g/mol. The Labute approximate surface area is 131 Å². The maximum Gasteiger partial charge on any atom is 0.433 e. The number of aliphatic hydroxyl groups is 1. The second kappa shape index (κ2) is 6.39. The molecule has 1 heterocycles. The highest BCUT2D eigenvalue weighted by atomic mass is 19.4. The predicted octanol–water partition coefficient (Wildman–Crippen LogP) is 4.23. The van der Waals surface area contributed by atoms with E-state index in [-0.39, 0.29) is 24.8 Å². The van der Waals surface area contributed by atoms with Gasteiger partial charge in [0.15, 0.2) is 5.78 Å². The molecule has 1 aromatic heterocycles. The highest BCUT2D eigenvalue weighted by Gasteiger charge is 2.37. The summed E-state index contributed by atoms with van der Waals surface area (Å²) in [5, 5.41) is 8.41. The molecule has 1 aromatic carbocycles. The highest BCUT2D eigenvalue weighted by molar-refractivity contribution is 6.08. The number of Topliss-reactive ketones (excluding diaryl/α,β-unsaturated/α-hetero) is 1. The lowest BCUT2D eigenvalue weighted by atomic mass is 9.98. The summed E-state index contributed by atoms with van der Waals surface area (Å²) in [7, 11) is 0. The number of ketones is 1. The molecule has 0 bridgehead atoms. The molecule has 0 spiro atoms. The first-order valence-corrected chi connectivity index (χ1v) is 6.78. The fourth-order valence-electron chi connectivity index (χ4n) is 2.23. The molecule has 0 amide bonds. The fraction of sp³-hybridized carbons (Fsp3) is 0.333. The first-order valence-electron chi connectivity index (χ1n) is 6.78. The van der Waals surface area contributed by atoms with Crippen LogP contribution in [0, 0.1) is 0 Å². The topological polar surface area (TPSA) is 50.2 Å². The molecular weight excluding hydrogens is 340 g/mol. The predicted molar refractivity (Wildman–Crippen MR) is 72.4 cm³/mol. The molecule has 0 saturated carbocycles. The van der Waals surface area contributed by atoms with Crippen LogP contribution >= 0.6 is 0 Å². The molecule has 0 fully saturated rings. The van der Waals surface area contributed by atoms with Crippen molar-refractivity contribution in [3.05, 3.63) is 41.1 Å². The molecule has 9 heteroatoms. The van der Waals surface area contributed by atoms with E-state index in [1.54, 1.807) is 0 Å². The molecule has 0 radical (unpaired) electrons. The number of carbonyl (C=O) groups is 1. The molecule has 1 N–H and O–H groups in total. The van der Waals surface area contributed by atoms with Crippen LogP contribution in [-0.2, 0) is 12.4 Å². The van der Waals surface area contributed by atoms with Gasteiger partial charge in [0.1, 0.15) is 5.69 Å². The minimum Gasteiger partial charge on any atom is -0.396 e. The van der Waals surface area contributed by atoms with Crippen molar-refractivity contribution in [3.63, 3.8) is 0 Å². The van der Waals surface area contributed by atoms with Crippen LogP contribution in [0.5, 0.6) is 0 Å². The lowest BCUT2D eigenvalue weighted by Crippen LogP contribution is -2.14. The Hall–Kier alpha value is -2.16. The third-order valence-electron chi connectivity index (χ3n) is 3.30. The fourth-order valence-corrected chi connectivity index (χ4v) is 2.23. The van der Waals surface area contributed by atoms with Gasteiger partial charge in [-0.3, -0.25) is 4.79 Å². The minimum atomic E-state index is -5.00. The van der Waals surface area contributed by atoms with Crippen LogP contribution in [0.3, 0.4) is 0 Å². The van der Waals surface area contributed by atoms with Crippen molar-refractivity contribution in [2.75, 3.05) is 6.61 Å². The number of fused-ring (bicyclic) bond motifs is 1. The van der Waals surface area contributed by atoms with Gasteiger partial charge in [-0.1, -0.05) is 12.1 Å². The quantitative estimate of drug-likeness (QED) is 0.663. The Morgan fingerprint density at radius 3 is 2.29 bits per heavy atom. The van der Waals surface area contributed by atoms with E-state index in [2.05, 4.69) is 4.98 Å². The minimum absolute atomic E-state index is 0.0110. The average Bonchev–Trinajstić information content (AvgIpc) is 2.49. The van der Waals surface area contributed by atoms with Crippen molar-refractivity contribution in [2.24, 2.45) is 0 Å². The molecule has 0 aliphatic carbocycles. The second-order valence-corrected chi connectivity index (χ2v) is 5.00. The number of halogens is 6. The van der Waals surface area contributed by atoms with E-state index in [1.807, 2.05) is 0 Å². The van der Waals surface area contributed by atoms with Gasteiger partial charge < -0.3 is 5.11 Å². The first kappa shape index (κ1) is 18.2. The molecule has 0 aliphatic rings. The maximum atomic E-state index is 13.0. The van der Waals surface area contributed by atoms with E-state index >= 15 is 0 Å². The van der Waals surface area contributed by atoms with Gasteiger partial charge in [0.2, 0.25) is 0 Å². The van der Waals surface area contributed by atoms with Gasteiger partial charge in [-0.2, -0.15) is 26.3 Å². The van der Waals surface area contributed by atoms with Gasteiger partial charge in [0.25, 0.3) is 0 Å². The van der Waals surface area contributed by atoms with Crippen molar-refractivity contribution in [3.8, 4) is 0 Å². The molecule has 2 rings (SSSR count). The van der Waals surface area contributed by atoms with E-state index in [9.17, 15) is 31.1 Å². The maximum absolute atomic E-state index is 13.0. The number of aliphatic hydroxyl groups excluding tert-OH is 1. The van der Waals surface area contributed by atoms with Gasteiger partial charge in [-0.05, 0) is 18.6 Å². The van der Waals surface area contributed by atoms with Crippen LogP contribution in [0.2, 0.25) is 0 Å². The molecule has 2 aromatic rings. The number of pyridine rings is 1. The first-order chi connectivity index (χ1) is 11.1. The van der Waals surface area contributed by atoms with Crippen LogP contribution in [0.4, 0.5) is 26.3 Å². The zero-order valence-corrected chi connectivity index (χ0v) is 12.0. The zero-order chi connectivity index (χ0) is 18.1. The van der Waals surface area contributed by atoms with Crippen molar-refractivity contribution in [1.29, 1.82) is 0 Å². The van der Waals surface area contributed by atoms with Crippen molar-refractivity contribution in [2.45, 2.75) is 25.2 Å². The standard InChI is InChI=1S/C15H11F6NO2/c16-14(17,18)10-4-1-3-8-9(11(24)5-2-6-23)7-12(15(19,20)21)22-13(8)10/h1,3-4,7,23H,2,5-6H2. The summed E-state index contributed by atoms with van der Waals surface area (Å²) < 4.78 is 78.0. The molecule has 24 heavy (non-hydrogen) atoms. The van der Waals surface area contributed by atoms with Gasteiger partial charge in [0.05, 0.1) is 11.1 Å². The number of aromatic nitrogens is 1. The molecule has 0 aliphatic heterocycles. The summed E-state index contributed by atoms with van der Waals surface area (Å²) in [5.41, 5.74) is -4.33. The number of carbonyl (C=O) groups excluding carboxylic acids is 1. The number of nitrogens with zero attached hydrogens (tertiary/aromatic N) is 1. The number of benzene rings is 1. The summed E-state index contributed by atoms with van der Waals surface area (Å²) in [5.74, 6) is -0.790. The lowest BCUT2D eigenvalue weighted by Gasteiger charge is -2.15. The molecule has 0 saturated heterocycles. The Morgan fingerprint density at radius 2 is 1.75 bits per heavy atom. The van der Waals surface area contributed by atoms with Gasteiger partial charge >= 0.3 is 12.4 Å². The van der Waals surface area contributed by atoms with Crippen LogP contribution < -0.4 is 0 Å². The van der Waals surface area contributed by atoms with Gasteiger partial charge in [-0.15, -0.1) is 0 Å². The molecule has 0 unspecified atom stereocenters. The zero-order valence-electron chi connectivity index (χ0n) is 12.0. The van der Waals surface area contributed by atoms with Crippen LogP contribution in [0.15, 0.2) is 24.3 Å². The smallest absolute Gasteiger partial charge is 0.396 e. The summed E-state index contributed by atoms with van der Waals surface area (Å²) in [6, 6.07) is 3.17. The molecule has 130 valence electrons. The lowest BCUT2D eigenvalue weighted by molar-refractivity contribution is -0.142. The SMILES string of the molecule is O=C(CCCO)c1cc(C(F)(F)F)nc2c(C(F)(F)F)cccc12. The summed E-state index contributed by atoms with van der Waals surface area (Å²) >= 11 is 0. The second-order valence-electron chi connectivity index (χ2n) is 5.00. The number of hydrogen-bond acceptors (Lipinski definition) is 3. The summed E-state index contributed by atoms with van der Waals surface area (Å²) in [6.45, 7) is -0.366. The third kappa shape index (κ3) is 3.66. The van der Waals surface area contributed by atoms with Gasteiger partial charge in [-0.25, -0.2) is 4.98 Å². The van der Waals surface area contributed by atoms with E-state index in [4.69, 9.17) is 5.11 Å². The summed E-state index contributed by atoms with van der Waals surface area (Å²) in [6.07, 6.45) is -10.2. The van der Waals surface area contributed by atoms with Crippen LogP contribution in [-0.4, -0.2) is 22.5 Å². The molecular formula is C15H11F6NO2. The Kier molecular flexibility index (Phi) is 4.84. The van der Waals surface area contributed by atoms with Crippen LogP contribution in [0.1, 0.15) is 34.5 Å². The Balaban J connectivity index is 2.78. The van der Waals surface area contributed by atoms with E-state index in [1.165, 1.54) is 0 Å². The van der Waals surface area contributed by atoms with Crippen LogP contribution in [0.25, 0.3) is 10.9 Å². The Bertz CT molecular complexity index is 767. The average molecular weight is 351 g/mol. The normalized spacial score (nSPS) is 12.6. The number of hydrogen-bond donors (Lipinski definition) is 1. The largest absolute Gasteiger partial charge is 0.433 e. The highest BCUT2D eigenvalue weighted by Crippen LogP contribution is 2.37. The molecule has 0 atom stereocenters. The summed E-state index contributed by atoms with van der Waals surface area (Å²) in [4.78, 5) is 15.2. The van der Waals surface area contributed by atoms with Gasteiger partial charge in [0, 0.05) is 24.0 Å².